The molecule has 1 aromatic rings. The molecule has 2 fully saturated rings. The van der Waals surface area contributed by atoms with E-state index in [1.807, 2.05) is 4.90 Å². The fourth-order valence-corrected chi connectivity index (χ4v) is 4.35. The number of hydrogen-bond donors (Lipinski definition) is 2. The van der Waals surface area contributed by atoms with Gasteiger partial charge in [0.1, 0.15) is 0 Å². The fourth-order valence-electron chi connectivity index (χ4n) is 4.35. The fraction of sp³-hybridized carbons (Fsp3) is 0.625. The van der Waals surface area contributed by atoms with Crippen molar-refractivity contribution in [2.75, 3.05) is 26.8 Å². The van der Waals surface area contributed by atoms with Crippen molar-refractivity contribution in [3.8, 4) is 17.6 Å². The Labute approximate surface area is 190 Å². The number of rotatable bonds is 8. The Hall–Kier alpha value is -2.95. The number of piperidine rings is 1. The third-order valence-corrected chi connectivity index (χ3v) is 6.21. The number of likely N-dealkylation sites (tertiary alicyclic amines) is 1. The number of benzene rings is 1. The first-order valence-corrected chi connectivity index (χ1v) is 11.6. The Bertz CT molecular complexity index is 809. The summed E-state index contributed by atoms with van der Waals surface area (Å²) in [5.41, 5.74) is 0.508. The lowest BCUT2D eigenvalue weighted by Crippen LogP contribution is -2.51. The number of carbonyl (C=O) groups is 2. The van der Waals surface area contributed by atoms with E-state index in [1.165, 1.54) is 26.4 Å². The van der Waals surface area contributed by atoms with Gasteiger partial charge >= 0.3 is 6.03 Å². The highest BCUT2D eigenvalue weighted by Crippen LogP contribution is 2.28. The van der Waals surface area contributed by atoms with Gasteiger partial charge < -0.3 is 25.0 Å². The van der Waals surface area contributed by atoms with Crippen LogP contribution in [-0.4, -0.2) is 55.7 Å². The molecule has 0 aromatic heterocycles. The monoisotopic (exact) mass is 442 g/mol. The molecule has 0 bridgehead atoms. The zero-order chi connectivity index (χ0) is 22.8. The second-order valence-corrected chi connectivity index (χ2v) is 8.54. The smallest absolute Gasteiger partial charge is 0.315 e. The van der Waals surface area contributed by atoms with Crippen LogP contribution in [0.5, 0.6) is 11.5 Å². The minimum Gasteiger partial charge on any atom is -0.493 e. The number of ether oxygens (including phenoxy) is 2. The van der Waals surface area contributed by atoms with Gasteiger partial charge in [-0.1, -0.05) is 19.3 Å². The van der Waals surface area contributed by atoms with Gasteiger partial charge in [-0.3, -0.25) is 4.79 Å². The zero-order valence-corrected chi connectivity index (χ0v) is 18.9. The van der Waals surface area contributed by atoms with E-state index in [2.05, 4.69) is 16.7 Å². The van der Waals surface area contributed by atoms with Crippen molar-refractivity contribution >= 4 is 11.9 Å². The molecule has 0 spiro atoms. The van der Waals surface area contributed by atoms with Gasteiger partial charge in [-0.25, -0.2) is 4.79 Å². The standard InChI is InChI=1S/C24H34N4O4/c1-31-22-16-18(17-25)9-10-21(22)32-15-5-8-23(29)28-13-11-20(12-14-28)27-24(30)26-19-6-3-2-4-7-19/h9-10,16,19-20H,2-8,11-15H2,1H3,(H2,26,27,30). The molecule has 32 heavy (non-hydrogen) atoms. The summed E-state index contributed by atoms with van der Waals surface area (Å²) < 4.78 is 11.0. The van der Waals surface area contributed by atoms with Gasteiger partial charge in [0.25, 0.3) is 0 Å². The van der Waals surface area contributed by atoms with Gasteiger partial charge in [0, 0.05) is 37.7 Å². The maximum absolute atomic E-state index is 12.5. The molecule has 2 N–H and O–H groups in total. The van der Waals surface area contributed by atoms with Crippen molar-refractivity contribution in [1.29, 1.82) is 5.26 Å². The molecule has 3 amide bonds. The predicted octanol–water partition coefficient (Wildman–Crippen LogP) is 3.35. The van der Waals surface area contributed by atoms with E-state index < -0.39 is 0 Å². The normalized spacial score (nSPS) is 17.3. The molecular formula is C24H34N4O4. The van der Waals surface area contributed by atoms with Crippen LogP contribution in [0, 0.1) is 11.3 Å². The highest BCUT2D eigenvalue weighted by Gasteiger charge is 2.24. The molecular weight excluding hydrogens is 408 g/mol. The van der Waals surface area contributed by atoms with Crippen LogP contribution in [0.1, 0.15) is 63.4 Å². The summed E-state index contributed by atoms with van der Waals surface area (Å²) >= 11 is 0. The lowest BCUT2D eigenvalue weighted by molar-refractivity contribution is -0.132. The Balaban J connectivity index is 1.31. The number of urea groups is 1. The lowest BCUT2D eigenvalue weighted by Gasteiger charge is -2.33. The molecule has 1 aromatic carbocycles. The van der Waals surface area contributed by atoms with Crippen molar-refractivity contribution in [3.63, 3.8) is 0 Å². The number of carbonyl (C=O) groups excluding carboxylic acids is 2. The highest BCUT2D eigenvalue weighted by molar-refractivity contribution is 5.76. The van der Waals surface area contributed by atoms with Crippen molar-refractivity contribution < 1.29 is 19.1 Å². The molecule has 1 heterocycles. The SMILES string of the molecule is COc1cc(C#N)ccc1OCCCC(=O)N1CCC(NC(=O)NC2CCCCC2)CC1. The van der Waals surface area contributed by atoms with Gasteiger partial charge in [0.2, 0.25) is 5.91 Å². The third kappa shape index (κ3) is 7.04. The Morgan fingerprint density at radius 2 is 1.75 bits per heavy atom. The number of nitrogens with zero attached hydrogens (tertiary/aromatic N) is 2. The van der Waals surface area contributed by atoms with Crippen LogP contribution in [0.4, 0.5) is 4.79 Å². The van der Waals surface area contributed by atoms with E-state index in [1.54, 1.807) is 18.2 Å². The van der Waals surface area contributed by atoms with E-state index in [4.69, 9.17) is 14.7 Å². The van der Waals surface area contributed by atoms with E-state index >= 15 is 0 Å². The van der Waals surface area contributed by atoms with Gasteiger partial charge in [0.15, 0.2) is 11.5 Å². The van der Waals surface area contributed by atoms with Crippen LogP contribution in [0.2, 0.25) is 0 Å². The molecule has 0 atom stereocenters. The average molecular weight is 443 g/mol. The molecule has 8 nitrogen and oxygen atoms in total. The van der Waals surface area contributed by atoms with Crippen molar-refractivity contribution in [3.05, 3.63) is 23.8 Å². The van der Waals surface area contributed by atoms with Crippen LogP contribution in [0.3, 0.4) is 0 Å². The zero-order valence-electron chi connectivity index (χ0n) is 18.9. The molecule has 1 saturated carbocycles. The topological polar surface area (TPSA) is 104 Å². The van der Waals surface area contributed by atoms with Crippen LogP contribution < -0.4 is 20.1 Å². The second-order valence-electron chi connectivity index (χ2n) is 8.54. The molecule has 3 rings (SSSR count). The molecule has 0 radical (unpaired) electrons. The van der Waals surface area contributed by atoms with Gasteiger partial charge in [-0.2, -0.15) is 5.26 Å². The van der Waals surface area contributed by atoms with E-state index in [9.17, 15) is 9.59 Å². The number of nitriles is 1. The van der Waals surface area contributed by atoms with E-state index in [0.717, 1.165) is 25.7 Å². The summed E-state index contributed by atoms with van der Waals surface area (Å²) in [6.45, 7) is 1.72. The Morgan fingerprint density at radius 1 is 1.06 bits per heavy atom. The summed E-state index contributed by atoms with van der Waals surface area (Å²) in [6, 6.07) is 7.44. The van der Waals surface area contributed by atoms with Crippen molar-refractivity contribution in [2.45, 2.75) is 69.9 Å². The molecule has 1 aliphatic carbocycles. The minimum absolute atomic E-state index is 0.0722. The highest BCUT2D eigenvalue weighted by atomic mass is 16.5. The first-order chi connectivity index (χ1) is 15.6. The summed E-state index contributed by atoms with van der Waals surface area (Å²) in [7, 11) is 1.53. The van der Waals surface area contributed by atoms with E-state index in [-0.39, 0.29) is 18.0 Å². The molecule has 1 saturated heterocycles. The predicted molar refractivity (Wildman–Crippen MR) is 121 cm³/mol. The Kier molecular flexibility index (Phi) is 9.02. The summed E-state index contributed by atoms with van der Waals surface area (Å²) in [6.07, 6.45) is 8.37. The summed E-state index contributed by atoms with van der Waals surface area (Å²) in [5, 5.41) is 15.1. The average Bonchev–Trinajstić information content (AvgIpc) is 2.82. The molecule has 0 unspecified atom stereocenters. The third-order valence-electron chi connectivity index (χ3n) is 6.21. The largest absolute Gasteiger partial charge is 0.493 e. The van der Waals surface area contributed by atoms with Gasteiger partial charge in [0.05, 0.1) is 25.3 Å². The number of hydrogen-bond acceptors (Lipinski definition) is 5. The van der Waals surface area contributed by atoms with Crippen molar-refractivity contribution in [2.24, 2.45) is 0 Å². The number of nitrogens with one attached hydrogen (secondary N) is 2. The Morgan fingerprint density at radius 3 is 2.41 bits per heavy atom. The van der Waals surface area contributed by atoms with Crippen LogP contribution >= 0.6 is 0 Å². The summed E-state index contributed by atoms with van der Waals surface area (Å²) in [4.78, 5) is 26.6. The van der Waals surface area contributed by atoms with Gasteiger partial charge in [-0.15, -0.1) is 0 Å². The molecule has 1 aliphatic heterocycles. The quantitative estimate of drug-likeness (QED) is 0.601. The lowest BCUT2D eigenvalue weighted by atomic mass is 9.96. The summed E-state index contributed by atoms with van der Waals surface area (Å²) in [5.74, 6) is 1.19. The number of amides is 3. The molecule has 8 heteroatoms. The molecule has 2 aliphatic rings. The number of methoxy groups -OCH3 is 1. The van der Waals surface area contributed by atoms with Crippen LogP contribution in [0.25, 0.3) is 0 Å². The van der Waals surface area contributed by atoms with Crippen molar-refractivity contribution in [1.82, 2.24) is 15.5 Å². The van der Waals surface area contributed by atoms with Crippen LogP contribution in [-0.2, 0) is 4.79 Å². The maximum Gasteiger partial charge on any atom is 0.315 e. The second kappa shape index (κ2) is 12.2. The van der Waals surface area contributed by atoms with Gasteiger partial charge in [-0.05, 0) is 44.2 Å². The minimum atomic E-state index is -0.0722. The van der Waals surface area contributed by atoms with Crippen LogP contribution in [0.15, 0.2) is 18.2 Å². The first kappa shape index (κ1) is 23.7. The van der Waals surface area contributed by atoms with E-state index in [0.29, 0.717) is 55.6 Å². The first-order valence-electron chi connectivity index (χ1n) is 11.6. The molecule has 174 valence electrons. The maximum atomic E-state index is 12.5.